The third-order valence-electron chi connectivity index (χ3n) is 5.39. The molecule has 34 heavy (non-hydrogen) atoms. The number of carbonyl (C=O) groups excluding carboxylic acids is 1. The Morgan fingerprint density at radius 3 is 2.50 bits per heavy atom. The van der Waals surface area contributed by atoms with Crippen molar-refractivity contribution in [3.63, 3.8) is 0 Å². The third-order valence-corrected chi connectivity index (χ3v) is 7.26. The molecule has 0 bridgehead atoms. The lowest BCUT2D eigenvalue weighted by Crippen LogP contribution is -2.50. The molecule has 0 spiro atoms. The van der Waals surface area contributed by atoms with E-state index >= 15 is 0 Å². The van der Waals surface area contributed by atoms with Crippen molar-refractivity contribution in [1.82, 2.24) is 9.21 Å². The molecule has 1 heterocycles. The van der Waals surface area contributed by atoms with Gasteiger partial charge in [-0.05, 0) is 66.8 Å². The molecule has 1 atom stereocenters. The van der Waals surface area contributed by atoms with Crippen molar-refractivity contribution >= 4 is 36.3 Å². The van der Waals surface area contributed by atoms with Crippen LogP contribution in [0.25, 0.3) is 0 Å². The fourth-order valence-corrected chi connectivity index (χ4v) is 4.92. The highest BCUT2D eigenvalue weighted by molar-refractivity contribution is 8.02. The Kier molecular flexibility index (Phi) is 10.5. The van der Waals surface area contributed by atoms with Crippen molar-refractivity contribution in [2.75, 3.05) is 25.9 Å². The molecule has 178 valence electrons. The standard InChI is InChI=1S/C27H31N3O2S2/c1-22-21-29(27(31)24-13-8-5-9-14-24)18-19-30(22)34-20-10-15-26(33-3)25(32-28-2)17-16-23-11-6-4-7-12-23/h4-15,17,20,22H,2,16,18-19,21H2,1,3H3/b20-10+,25-17-,26-15-. The molecule has 1 amide bonds. The van der Waals surface area contributed by atoms with E-state index in [1.165, 1.54) is 5.56 Å². The maximum atomic E-state index is 12.7. The molecule has 2 aromatic carbocycles. The maximum absolute atomic E-state index is 12.7. The molecular weight excluding hydrogens is 462 g/mol. The predicted octanol–water partition coefficient (Wildman–Crippen LogP) is 6.00. The zero-order valence-corrected chi connectivity index (χ0v) is 21.3. The van der Waals surface area contributed by atoms with E-state index in [4.69, 9.17) is 4.84 Å². The van der Waals surface area contributed by atoms with Gasteiger partial charge in [-0.25, -0.2) is 4.31 Å². The molecule has 1 fully saturated rings. The number of carbonyl (C=O) groups is 1. The zero-order chi connectivity index (χ0) is 24.2. The number of oxime groups is 1. The Morgan fingerprint density at radius 2 is 1.85 bits per heavy atom. The number of nitrogens with zero attached hydrogens (tertiary/aromatic N) is 3. The van der Waals surface area contributed by atoms with Gasteiger partial charge in [-0.3, -0.25) is 4.79 Å². The van der Waals surface area contributed by atoms with Crippen molar-refractivity contribution in [3.8, 4) is 0 Å². The van der Waals surface area contributed by atoms with Gasteiger partial charge in [0.1, 0.15) is 0 Å². The molecule has 0 saturated carbocycles. The van der Waals surface area contributed by atoms with Crippen LogP contribution < -0.4 is 0 Å². The largest absolute Gasteiger partial charge is 0.357 e. The topological polar surface area (TPSA) is 45.1 Å². The molecule has 1 aliphatic rings. The van der Waals surface area contributed by atoms with Crippen molar-refractivity contribution in [2.45, 2.75) is 19.4 Å². The van der Waals surface area contributed by atoms with Crippen LogP contribution in [-0.2, 0) is 11.3 Å². The SMILES string of the molecule is C=NOC(=C\Cc1ccccc1)/C(=C/C=C/SN1CCN(C(=O)c2ccccc2)CC1C)SC. The van der Waals surface area contributed by atoms with Gasteiger partial charge in [-0.1, -0.05) is 59.8 Å². The predicted molar refractivity (Wildman–Crippen MR) is 146 cm³/mol. The van der Waals surface area contributed by atoms with Crippen molar-refractivity contribution in [3.05, 3.63) is 106 Å². The van der Waals surface area contributed by atoms with Crippen molar-refractivity contribution in [1.29, 1.82) is 0 Å². The number of hydrogen-bond donors (Lipinski definition) is 0. The van der Waals surface area contributed by atoms with Crippen LogP contribution in [0.5, 0.6) is 0 Å². The summed E-state index contributed by atoms with van der Waals surface area (Å²) in [4.78, 5) is 21.1. The van der Waals surface area contributed by atoms with Gasteiger partial charge in [0, 0.05) is 38.0 Å². The summed E-state index contributed by atoms with van der Waals surface area (Å²) < 4.78 is 2.31. The summed E-state index contributed by atoms with van der Waals surface area (Å²) in [6.45, 7) is 7.88. The van der Waals surface area contributed by atoms with E-state index in [1.807, 2.05) is 77.9 Å². The second-order valence-corrected chi connectivity index (χ2v) is 9.55. The minimum Gasteiger partial charge on any atom is -0.357 e. The molecule has 1 aliphatic heterocycles. The lowest BCUT2D eigenvalue weighted by atomic mass is 10.1. The molecule has 0 aliphatic carbocycles. The minimum absolute atomic E-state index is 0.103. The van der Waals surface area contributed by atoms with E-state index in [1.54, 1.807) is 23.7 Å². The second-order valence-electron chi connectivity index (χ2n) is 7.75. The highest BCUT2D eigenvalue weighted by Gasteiger charge is 2.27. The van der Waals surface area contributed by atoms with E-state index in [2.05, 4.69) is 40.6 Å². The van der Waals surface area contributed by atoms with Crippen LogP contribution in [0.1, 0.15) is 22.8 Å². The molecule has 3 rings (SSSR count). The Balaban J connectivity index is 1.56. The minimum atomic E-state index is 0.103. The lowest BCUT2D eigenvalue weighted by molar-refractivity contribution is 0.0653. The van der Waals surface area contributed by atoms with Gasteiger partial charge in [0.25, 0.3) is 5.91 Å². The number of hydrogen-bond acceptors (Lipinski definition) is 6. The van der Waals surface area contributed by atoms with Gasteiger partial charge in [0.15, 0.2) is 5.76 Å². The van der Waals surface area contributed by atoms with E-state index in [0.717, 1.165) is 30.0 Å². The lowest BCUT2D eigenvalue weighted by Gasteiger charge is -2.38. The Labute approximate surface area is 211 Å². The first-order valence-electron chi connectivity index (χ1n) is 11.2. The van der Waals surface area contributed by atoms with Gasteiger partial charge in [0.2, 0.25) is 0 Å². The summed E-state index contributed by atoms with van der Waals surface area (Å²) >= 11 is 3.27. The molecule has 1 unspecified atom stereocenters. The second kappa shape index (κ2) is 13.8. The van der Waals surface area contributed by atoms with Crippen LogP contribution in [0, 0.1) is 0 Å². The highest BCUT2D eigenvalue weighted by Crippen LogP contribution is 2.25. The Morgan fingerprint density at radius 1 is 1.15 bits per heavy atom. The van der Waals surface area contributed by atoms with Crippen molar-refractivity contribution in [2.24, 2.45) is 5.16 Å². The summed E-state index contributed by atoms with van der Waals surface area (Å²) in [5, 5.41) is 5.70. The monoisotopic (exact) mass is 493 g/mol. The number of amides is 1. The third kappa shape index (κ3) is 7.65. The van der Waals surface area contributed by atoms with Crippen LogP contribution in [0.2, 0.25) is 0 Å². The average Bonchev–Trinajstić information content (AvgIpc) is 2.88. The van der Waals surface area contributed by atoms with E-state index in [9.17, 15) is 4.79 Å². The van der Waals surface area contributed by atoms with Crippen LogP contribution in [-0.4, -0.2) is 53.8 Å². The zero-order valence-electron chi connectivity index (χ0n) is 19.7. The molecule has 5 nitrogen and oxygen atoms in total. The summed E-state index contributed by atoms with van der Waals surface area (Å²) in [6.07, 6.45) is 8.84. The molecule has 7 heteroatoms. The first-order valence-corrected chi connectivity index (χ1v) is 13.2. The quantitative estimate of drug-likeness (QED) is 0.134. The van der Waals surface area contributed by atoms with Gasteiger partial charge < -0.3 is 9.74 Å². The number of allylic oxidation sites excluding steroid dienone is 3. The van der Waals surface area contributed by atoms with Gasteiger partial charge in [-0.2, -0.15) is 0 Å². The summed E-state index contributed by atoms with van der Waals surface area (Å²) in [5.41, 5.74) is 1.95. The Bertz CT molecular complexity index is 1020. The van der Waals surface area contributed by atoms with Gasteiger partial charge in [-0.15, -0.1) is 11.8 Å². The van der Waals surface area contributed by atoms with Gasteiger partial charge in [0.05, 0.1) is 4.91 Å². The molecular formula is C27H31N3O2S2. The number of rotatable bonds is 10. The maximum Gasteiger partial charge on any atom is 0.253 e. The molecule has 2 aromatic rings. The molecule has 0 N–H and O–H groups in total. The fourth-order valence-electron chi connectivity index (χ4n) is 3.61. The smallest absolute Gasteiger partial charge is 0.253 e. The number of piperazine rings is 1. The van der Waals surface area contributed by atoms with Crippen LogP contribution in [0.15, 0.2) is 100 Å². The fraction of sp³-hybridized carbons (Fsp3) is 0.259. The first-order chi connectivity index (χ1) is 16.6. The summed E-state index contributed by atoms with van der Waals surface area (Å²) in [5.74, 6) is 0.799. The normalized spacial score (nSPS) is 17.7. The summed E-state index contributed by atoms with van der Waals surface area (Å²) in [7, 11) is 0. The van der Waals surface area contributed by atoms with Crippen molar-refractivity contribution < 1.29 is 9.63 Å². The highest BCUT2D eigenvalue weighted by atomic mass is 32.2. The molecule has 1 saturated heterocycles. The van der Waals surface area contributed by atoms with Gasteiger partial charge >= 0.3 is 0 Å². The number of thioether (sulfide) groups is 1. The van der Waals surface area contributed by atoms with E-state index in [0.29, 0.717) is 12.3 Å². The Hall–Kier alpha value is -2.74. The van der Waals surface area contributed by atoms with Crippen LogP contribution in [0.3, 0.4) is 0 Å². The van der Waals surface area contributed by atoms with Crippen LogP contribution in [0.4, 0.5) is 0 Å². The first kappa shape index (κ1) is 25.9. The van der Waals surface area contributed by atoms with E-state index < -0.39 is 0 Å². The molecule has 0 radical (unpaired) electrons. The number of benzene rings is 2. The average molecular weight is 494 g/mol. The van der Waals surface area contributed by atoms with Crippen LogP contribution >= 0.6 is 23.7 Å². The molecule has 0 aromatic heterocycles. The summed E-state index contributed by atoms with van der Waals surface area (Å²) in [6, 6.07) is 20.0. The van der Waals surface area contributed by atoms with E-state index in [-0.39, 0.29) is 11.9 Å².